The number of halogens is 3. The van der Waals surface area contributed by atoms with Gasteiger partial charge in [0.15, 0.2) is 12.6 Å². The lowest BCUT2D eigenvalue weighted by atomic mass is 9.93. The summed E-state index contributed by atoms with van der Waals surface area (Å²) in [7, 11) is 1.48. The molecule has 11 nitrogen and oxygen atoms in total. The second-order valence-corrected chi connectivity index (χ2v) is 14.7. The first-order valence-corrected chi connectivity index (χ1v) is 18.4. The lowest BCUT2D eigenvalue weighted by molar-refractivity contribution is -0.143. The van der Waals surface area contributed by atoms with Crippen LogP contribution in [0.15, 0.2) is 30.5 Å². The summed E-state index contributed by atoms with van der Waals surface area (Å²) in [5.74, 6) is -0.948. The van der Waals surface area contributed by atoms with Crippen molar-refractivity contribution in [3.63, 3.8) is 0 Å². The van der Waals surface area contributed by atoms with Crippen molar-refractivity contribution >= 4 is 33.5 Å². The Hall–Kier alpha value is -4.27. The molecule has 0 amide bonds. The number of anilines is 1. The molecule has 0 spiro atoms. The maximum atomic E-state index is 17.3. The van der Waals surface area contributed by atoms with E-state index in [2.05, 4.69) is 14.9 Å². The van der Waals surface area contributed by atoms with Gasteiger partial charge in [-0.15, -0.1) is 0 Å². The van der Waals surface area contributed by atoms with Crippen LogP contribution in [0, 0.1) is 11.6 Å². The number of hydrogen-bond acceptors (Lipinski definition) is 11. The molecule has 2 aromatic carbocycles. The lowest BCUT2D eigenvalue weighted by Crippen LogP contribution is -2.46. The Morgan fingerprint density at radius 3 is 2.74 bits per heavy atom. The maximum Gasteiger partial charge on any atom is 0.319 e. The Morgan fingerprint density at radius 1 is 1.11 bits per heavy atom. The molecule has 3 aliphatic rings. The number of benzene rings is 2. The molecule has 3 fully saturated rings. The van der Waals surface area contributed by atoms with Crippen molar-refractivity contribution < 1.29 is 42.0 Å². The maximum absolute atomic E-state index is 17.3. The van der Waals surface area contributed by atoms with Gasteiger partial charge in [0, 0.05) is 51.3 Å². The van der Waals surface area contributed by atoms with E-state index in [9.17, 15) is 14.3 Å². The molecule has 0 unspecified atom stereocenters. The molecule has 7 rings (SSSR count). The summed E-state index contributed by atoms with van der Waals surface area (Å²) in [4.78, 5) is 30.1. The summed E-state index contributed by atoms with van der Waals surface area (Å²) >= 11 is 0. The number of methoxy groups -OCH3 is 1. The highest BCUT2D eigenvalue weighted by atomic mass is 19.1. The second kappa shape index (κ2) is 15.2. The molecule has 4 aromatic rings. The number of piperidine rings is 1. The highest BCUT2D eigenvalue weighted by Gasteiger charge is 2.49. The zero-order chi connectivity index (χ0) is 37.3. The van der Waals surface area contributed by atoms with Crippen LogP contribution in [0.1, 0.15) is 64.4 Å². The summed E-state index contributed by atoms with van der Waals surface area (Å²) in [6, 6.07) is 6.18. The molecule has 3 atom stereocenters. The summed E-state index contributed by atoms with van der Waals surface area (Å²) in [5.41, 5.74) is -1.08. The molecule has 53 heavy (non-hydrogen) atoms. The minimum Gasteiger partial charge on any atom is -0.468 e. The first kappa shape index (κ1) is 37.1. The van der Waals surface area contributed by atoms with Gasteiger partial charge in [0.2, 0.25) is 0 Å². The number of fused-ring (bicyclic) bond motifs is 3. The van der Waals surface area contributed by atoms with Crippen molar-refractivity contribution in [3.05, 3.63) is 47.7 Å². The molecule has 14 heteroatoms. The van der Waals surface area contributed by atoms with Crippen LogP contribution in [0.2, 0.25) is 0 Å². The third kappa shape index (κ3) is 7.58. The Morgan fingerprint density at radius 2 is 1.94 bits per heavy atom. The number of carbonyl (C=O) groups excluding carboxylic acids is 1. The van der Waals surface area contributed by atoms with Crippen LogP contribution in [-0.2, 0) is 20.7 Å². The highest BCUT2D eigenvalue weighted by Crippen LogP contribution is 2.42. The van der Waals surface area contributed by atoms with Crippen molar-refractivity contribution in [2.45, 2.75) is 82.5 Å². The molecule has 0 bridgehead atoms. The van der Waals surface area contributed by atoms with Crippen LogP contribution in [0.4, 0.5) is 19.0 Å². The third-order valence-electron chi connectivity index (χ3n) is 10.7. The number of hydrogen-bond donors (Lipinski definition) is 1. The number of pyridine rings is 1. The number of carbonyl (C=O) groups is 1. The average molecular weight is 738 g/mol. The number of aromatic nitrogens is 3. The standard InChI is InChI=1S/C39H46F3N5O6/c1-4-51-31(48)9-5-8-27-30(41)11-10-24-16-26(53-23-50-3)17-28(32(24)27)34-33(42)35-29(19-43-34)36(46-14-6-12-38(2,49)21-46)45-37(44-35)52-22-39-13-7-15-47(39)20-25(40)18-39/h10-11,16-17,19,25,49H,4-9,12-15,18,20-23H2,1-3H3/t25-,38-,39+/m1/s1. The Kier molecular flexibility index (Phi) is 10.6. The fraction of sp³-hybridized carbons (Fsp3) is 0.538. The summed E-state index contributed by atoms with van der Waals surface area (Å²) in [5, 5.41) is 12.3. The fourth-order valence-electron chi connectivity index (χ4n) is 8.34. The van der Waals surface area contributed by atoms with Crippen LogP contribution >= 0.6 is 0 Å². The van der Waals surface area contributed by atoms with Gasteiger partial charge >= 0.3 is 12.0 Å². The van der Waals surface area contributed by atoms with Gasteiger partial charge in [-0.25, -0.2) is 13.2 Å². The van der Waals surface area contributed by atoms with Crippen molar-refractivity contribution in [2.75, 3.05) is 58.2 Å². The SMILES string of the molecule is CCOC(=O)CCCc1c(F)ccc2cc(OCOC)cc(-c3ncc4c(N5CCC[C@@](C)(O)C5)nc(OC[C@@]56CCCN5C[C@H](F)C6)nc4c3F)c12. The molecular weight excluding hydrogens is 691 g/mol. The summed E-state index contributed by atoms with van der Waals surface area (Å²) in [6.07, 6.45) is 4.46. The number of esters is 1. The number of β-amino-alcohol motifs (C(OH)–C–C–N with tert-alkyl or cyclic N) is 1. The molecule has 0 aliphatic carbocycles. The Labute approximate surface area is 306 Å². The van der Waals surface area contributed by atoms with Crippen LogP contribution < -0.4 is 14.4 Å². The van der Waals surface area contributed by atoms with E-state index in [1.54, 1.807) is 32.0 Å². The number of ether oxygens (including phenoxy) is 4. The molecular formula is C39H46F3N5O6. The average Bonchev–Trinajstić information content (AvgIpc) is 3.66. The van der Waals surface area contributed by atoms with Gasteiger partial charge in [-0.1, -0.05) is 6.07 Å². The fourth-order valence-corrected chi connectivity index (χ4v) is 8.34. The van der Waals surface area contributed by atoms with Crippen LogP contribution in [-0.4, -0.2) is 102 Å². The Balaban J connectivity index is 1.36. The quantitative estimate of drug-likeness (QED) is 0.123. The minimum absolute atomic E-state index is 0.0626. The van der Waals surface area contributed by atoms with E-state index in [1.807, 2.05) is 4.90 Å². The number of nitrogens with zero attached hydrogens (tertiary/aromatic N) is 5. The van der Waals surface area contributed by atoms with E-state index in [0.29, 0.717) is 72.1 Å². The predicted octanol–water partition coefficient (Wildman–Crippen LogP) is 6.30. The zero-order valence-corrected chi connectivity index (χ0v) is 30.4. The van der Waals surface area contributed by atoms with Crippen LogP contribution in [0.3, 0.4) is 0 Å². The lowest BCUT2D eigenvalue weighted by Gasteiger charge is -2.38. The van der Waals surface area contributed by atoms with E-state index >= 15 is 8.78 Å². The Bertz CT molecular complexity index is 2000. The van der Waals surface area contributed by atoms with Crippen molar-refractivity contribution in [1.29, 1.82) is 0 Å². The van der Waals surface area contributed by atoms with Gasteiger partial charge in [-0.2, -0.15) is 9.97 Å². The largest absolute Gasteiger partial charge is 0.468 e. The van der Waals surface area contributed by atoms with E-state index in [1.165, 1.54) is 19.4 Å². The first-order chi connectivity index (χ1) is 25.5. The zero-order valence-electron chi connectivity index (χ0n) is 30.4. The molecule has 0 radical (unpaired) electrons. The monoisotopic (exact) mass is 737 g/mol. The van der Waals surface area contributed by atoms with Gasteiger partial charge in [0.1, 0.15) is 41.4 Å². The molecule has 0 saturated carbocycles. The number of alkyl halides is 1. The third-order valence-corrected chi connectivity index (χ3v) is 10.7. The predicted molar refractivity (Wildman–Crippen MR) is 193 cm³/mol. The van der Waals surface area contributed by atoms with Gasteiger partial charge in [0.25, 0.3) is 0 Å². The van der Waals surface area contributed by atoms with Gasteiger partial charge in [-0.3, -0.25) is 14.7 Å². The minimum atomic E-state index is -0.999. The topological polar surface area (TPSA) is 119 Å². The van der Waals surface area contributed by atoms with E-state index in [0.717, 1.165) is 19.4 Å². The molecule has 2 aromatic heterocycles. The number of aliphatic hydroxyl groups is 1. The molecule has 1 N–H and O–H groups in total. The highest BCUT2D eigenvalue weighted by molar-refractivity contribution is 6.02. The van der Waals surface area contributed by atoms with E-state index in [-0.39, 0.29) is 68.1 Å². The number of aryl methyl sites for hydroxylation is 1. The van der Waals surface area contributed by atoms with Crippen molar-refractivity contribution in [3.8, 4) is 23.0 Å². The first-order valence-electron chi connectivity index (χ1n) is 18.4. The van der Waals surface area contributed by atoms with Crippen molar-refractivity contribution in [1.82, 2.24) is 19.9 Å². The molecule has 5 heterocycles. The van der Waals surface area contributed by atoms with Gasteiger partial charge in [-0.05, 0) is 93.5 Å². The molecule has 3 aliphatic heterocycles. The second-order valence-electron chi connectivity index (χ2n) is 14.7. The molecule has 284 valence electrons. The van der Waals surface area contributed by atoms with Gasteiger partial charge < -0.3 is 29.0 Å². The van der Waals surface area contributed by atoms with E-state index < -0.39 is 28.9 Å². The number of rotatable bonds is 13. The van der Waals surface area contributed by atoms with E-state index in [4.69, 9.17) is 23.9 Å². The van der Waals surface area contributed by atoms with Crippen LogP contribution in [0.5, 0.6) is 11.8 Å². The summed E-state index contributed by atoms with van der Waals surface area (Å²) in [6.45, 7) is 5.74. The molecule has 3 saturated heterocycles. The van der Waals surface area contributed by atoms with Crippen LogP contribution in [0.25, 0.3) is 32.9 Å². The normalized spacial score (nSPS) is 23.2. The van der Waals surface area contributed by atoms with Gasteiger partial charge in [0.05, 0.1) is 23.1 Å². The summed E-state index contributed by atoms with van der Waals surface area (Å²) < 4.78 is 69.8. The van der Waals surface area contributed by atoms with Crippen molar-refractivity contribution in [2.24, 2.45) is 0 Å². The smallest absolute Gasteiger partial charge is 0.319 e.